The van der Waals surface area contributed by atoms with Crippen molar-refractivity contribution < 1.29 is 13.2 Å². The number of Topliss-reactive ketones (excluding diaryl/α,β-unsaturated/α-hetero) is 1. The van der Waals surface area contributed by atoms with Gasteiger partial charge in [0.2, 0.25) is 0 Å². The van der Waals surface area contributed by atoms with Crippen molar-refractivity contribution in [2.24, 2.45) is 0 Å². The second kappa shape index (κ2) is 4.90. The van der Waals surface area contributed by atoms with Gasteiger partial charge in [-0.05, 0) is 18.6 Å². The van der Waals surface area contributed by atoms with E-state index in [-0.39, 0.29) is 18.0 Å². The molecule has 0 unspecified atom stereocenters. The van der Waals surface area contributed by atoms with E-state index < -0.39 is 9.84 Å². The highest BCUT2D eigenvalue weighted by Crippen LogP contribution is 2.17. The molecule has 0 radical (unpaired) electrons. The van der Waals surface area contributed by atoms with E-state index in [1.54, 1.807) is 11.3 Å². The van der Waals surface area contributed by atoms with Gasteiger partial charge < -0.3 is 0 Å². The summed E-state index contributed by atoms with van der Waals surface area (Å²) in [6.45, 7) is 2.05. The molecule has 5 heteroatoms. The van der Waals surface area contributed by atoms with E-state index in [2.05, 4.69) is 0 Å². The number of hydrogen-bond donors (Lipinski definition) is 0. The van der Waals surface area contributed by atoms with Crippen molar-refractivity contribution in [2.75, 3.05) is 12.0 Å². The molecule has 0 aliphatic heterocycles. The third-order valence-electron chi connectivity index (χ3n) is 1.86. The van der Waals surface area contributed by atoms with Crippen LogP contribution in [0.2, 0.25) is 0 Å². The van der Waals surface area contributed by atoms with Gasteiger partial charge in [0.05, 0.1) is 0 Å². The topological polar surface area (TPSA) is 51.2 Å². The van der Waals surface area contributed by atoms with Gasteiger partial charge in [0.15, 0.2) is 15.6 Å². The summed E-state index contributed by atoms with van der Waals surface area (Å²) in [6, 6.07) is 3.87. The molecule has 0 N–H and O–H groups in total. The zero-order valence-corrected chi connectivity index (χ0v) is 10.5. The van der Waals surface area contributed by atoms with Crippen LogP contribution in [0.15, 0.2) is 12.1 Å². The number of hydrogen-bond acceptors (Lipinski definition) is 4. The van der Waals surface area contributed by atoms with Crippen LogP contribution in [0.1, 0.15) is 16.7 Å². The molecule has 0 saturated heterocycles. The molecule has 0 aliphatic carbocycles. The third-order valence-corrected chi connectivity index (χ3v) is 3.94. The SMILES string of the molecule is CCc1ccc(CC(=O)CS(C)(=O)=O)s1. The molecule has 0 saturated carbocycles. The Morgan fingerprint density at radius 3 is 2.40 bits per heavy atom. The molecular formula is C10H14O3S2. The minimum absolute atomic E-state index is 0.234. The first kappa shape index (κ1) is 12.4. The number of carbonyl (C=O) groups excluding carboxylic acids is 1. The fourth-order valence-corrected chi connectivity index (χ4v) is 2.92. The molecule has 0 bridgehead atoms. The van der Waals surface area contributed by atoms with Gasteiger partial charge in [0.1, 0.15) is 5.75 Å². The Bertz CT molecular complexity index is 443. The maximum absolute atomic E-state index is 11.4. The first-order chi connectivity index (χ1) is 6.90. The highest BCUT2D eigenvalue weighted by Gasteiger charge is 2.12. The maximum atomic E-state index is 11.4. The molecule has 1 rings (SSSR count). The summed E-state index contributed by atoms with van der Waals surface area (Å²) in [5.74, 6) is -0.589. The number of aryl methyl sites for hydroxylation is 1. The van der Waals surface area contributed by atoms with Crippen LogP contribution in [0.3, 0.4) is 0 Å². The summed E-state index contributed by atoms with van der Waals surface area (Å²) in [5.41, 5.74) is 0. The second-order valence-electron chi connectivity index (χ2n) is 3.51. The third kappa shape index (κ3) is 4.57. The van der Waals surface area contributed by atoms with E-state index >= 15 is 0 Å². The Morgan fingerprint density at radius 1 is 1.33 bits per heavy atom. The van der Waals surface area contributed by atoms with Crippen LogP contribution >= 0.6 is 11.3 Å². The summed E-state index contributed by atoms with van der Waals surface area (Å²) in [6.07, 6.45) is 2.26. The van der Waals surface area contributed by atoms with Gasteiger partial charge >= 0.3 is 0 Å². The Hall–Kier alpha value is -0.680. The van der Waals surface area contributed by atoms with E-state index in [0.29, 0.717) is 0 Å². The normalized spacial score (nSPS) is 11.6. The van der Waals surface area contributed by atoms with Gasteiger partial charge in [-0.15, -0.1) is 11.3 Å². The second-order valence-corrected chi connectivity index (χ2v) is 6.90. The lowest BCUT2D eigenvalue weighted by atomic mass is 10.2. The van der Waals surface area contributed by atoms with Crippen LogP contribution in [-0.2, 0) is 27.5 Å². The summed E-state index contributed by atoms with van der Waals surface area (Å²) in [7, 11) is -3.19. The Labute approximate surface area is 94.0 Å². The first-order valence-corrected chi connectivity index (χ1v) is 7.55. The molecule has 0 amide bonds. The number of ketones is 1. The number of rotatable bonds is 5. The highest BCUT2D eigenvalue weighted by molar-refractivity contribution is 7.91. The van der Waals surface area contributed by atoms with Gasteiger partial charge in [-0.1, -0.05) is 6.92 Å². The van der Waals surface area contributed by atoms with Crippen molar-refractivity contribution in [2.45, 2.75) is 19.8 Å². The monoisotopic (exact) mass is 246 g/mol. The van der Waals surface area contributed by atoms with Crippen molar-refractivity contribution in [1.29, 1.82) is 0 Å². The molecule has 0 fully saturated rings. The summed E-state index contributed by atoms with van der Waals surface area (Å²) >= 11 is 1.57. The molecule has 0 aromatic carbocycles. The van der Waals surface area contributed by atoms with Gasteiger partial charge in [0, 0.05) is 22.4 Å². The fourth-order valence-electron chi connectivity index (χ4n) is 1.25. The number of sulfone groups is 1. The molecule has 0 atom stereocenters. The smallest absolute Gasteiger partial charge is 0.154 e. The predicted molar refractivity (Wildman–Crippen MR) is 62.1 cm³/mol. The van der Waals surface area contributed by atoms with Crippen LogP contribution in [0, 0.1) is 0 Å². The quantitative estimate of drug-likeness (QED) is 0.790. The van der Waals surface area contributed by atoms with Crippen molar-refractivity contribution in [1.82, 2.24) is 0 Å². The maximum Gasteiger partial charge on any atom is 0.154 e. The van der Waals surface area contributed by atoms with Gasteiger partial charge in [-0.2, -0.15) is 0 Å². The average Bonchev–Trinajstić information content (AvgIpc) is 2.48. The Morgan fingerprint density at radius 2 is 1.93 bits per heavy atom. The van der Waals surface area contributed by atoms with Crippen LogP contribution < -0.4 is 0 Å². The molecular weight excluding hydrogens is 232 g/mol. The number of carbonyl (C=O) groups is 1. The average molecular weight is 246 g/mol. The van der Waals surface area contributed by atoms with Gasteiger partial charge in [-0.3, -0.25) is 4.79 Å². The molecule has 1 heterocycles. The highest BCUT2D eigenvalue weighted by atomic mass is 32.2. The van der Waals surface area contributed by atoms with Crippen molar-refractivity contribution >= 4 is 27.0 Å². The van der Waals surface area contributed by atoms with Crippen LogP contribution in [0.5, 0.6) is 0 Å². The fraction of sp³-hybridized carbons (Fsp3) is 0.500. The van der Waals surface area contributed by atoms with Gasteiger partial charge in [0.25, 0.3) is 0 Å². The molecule has 1 aromatic heterocycles. The van der Waals surface area contributed by atoms with Crippen LogP contribution in [0.25, 0.3) is 0 Å². The van der Waals surface area contributed by atoms with Crippen LogP contribution in [-0.4, -0.2) is 26.2 Å². The molecule has 84 valence electrons. The predicted octanol–water partition coefficient (Wildman–Crippen LogP) is 1.47. The van der Waals surface area contributed by atoms with E-state index in [0.717, 1.165) is 17.6 Å². The largest absolute Gasteiger partial charge is 0.298 e. The van der Waals surface area contributed by atoms with Crippen molar-refractivity contribution in [3.8, 4) is 0 Å². The molecule has 0 spiro atoms. The lowest BCUT2D eigenvalue weighted by Crippen LogP contribution is -2.15. The molecule has 3 nitrogen and oxygen atoms in total. The molecule has 15 heavy (non-hydrogen) atoms. The first-order valence-electron chi connectivity index (χ1n) is 4.67. The number of thiophene rings is 1. The van der Waals surface area contributed by atoms with Crippen molar-refractivity contribution in [3.63, 3.8) is 0 Å². The van der Waals surface area contributed by atoms with Gasteiger partial charge in [-0.25, -0.2) is 8.42 Å². The zero-order chi connectivity index (χ0) is 11.5. The minimum atomic E-state index is -3.19. The lowest BCUT2D eigenvalue weighted by molar-refractivity contribution is -0.116. The summed E-state index contributed by atoms with van der Waals surface area (Å²) in [5, 5.41) is 0. The van der Waals surface area contributed by atoms with E-state index in [9.17, 15) is 13.2 Å². The summed E-state index contributed by atoms with van der Waals surface area (Å²) in [4.78, 5) is 13.5. The standard InChI is InChI=1S/C10H14O3S2/c1-3-9-4-5-10(14-9)6-8(11)7-15(2,12)13/h4-5H,3,6-7H2,1-2H3. The van der Waals surface area contributed by atoms with Crippen LogP contribution in [0.4, 0.5) is 0 Å². The van der Waals surface area contributed by atoms with Crippen molar-refractivity contribution in [3.05, 3.63) is 21.9 Å². The van der Waals surface area contributed by atoms with E-state index in [4.69, 9.17) is 0 Å². The molecule has 0 aliphatic rings. The Balaban J connectivity index is 2.59. The lowest BCUT2D eigenvalue weighted by Gasteiger charge is -1.96. The minimum Gasteiger partial charge on any atom is -0.298 e. The van der Waals surface area contributed by atoms with E-state index in [1.165, 1.54) is 4.88 Å². The van der Waals surface area contributed by atoms with E-state index in [1.807, 2.05) is 19.1 Å². The molecule has 1 aromatic rings. The Kier molecular flexibility index (Phi) is 4.04. The summed E-state index contributed by atoms with van der Waals surface area (Å²) < 4.78 is 21.8. The zero-order valence-electron chi connectivity index (χ0n) is 8.82.